The van der Waals surface area contributed by atoms with E-state index in [2.05, 4.69) is 45.5 Å². The molecule has 1 saturated carbocycles. The Balaban J connectivity index is 1.59. The molecule has 0 spiro atoms. The third-order valence-corrected chi connectivity index (χ3v) is 7.31. The number of unbranched alkanes of at least 4 members (excludes halogenated alkanes) is 1. The van der Waals surface area contributed by atoms with Crippen LogP contribution in [0.25, 0.3) is 6.08 Å². The fourth-order valence-corrected chi connectivity index (χ4v) is 5.88. The first-order valence-electron chi connectivity index (χ1n) is 9.85. The fraction of sp³-hybridized carbons (Fsp3) is 0.409. The molecule has 2 bridgehead atoms. The van der Waals surface area contributed by atoms with Crippen molar-refractivity contribution in [3.63, 3.8) is 0 Å². The van der Waals surface area contributed by atoms with Gasteiger partial charge in [-0.25, -0.2) is 13.1 Å². The van der Waals surface area contributed by atoms with Gasteiger partial charge in [-0.05, 0) is 89.8 Å². The Bertz CT molecular complexity index is 922. The zero-order valence-corrected chi connectivity index (χ0v) is 19.1. The third kappa shape index (κ3) is 6.52. The van der Waals surface area contributed by atoms with E-state index in [9.17, 15) is 13.2 Å². The van der Waals surface area contributed by atoms with Gasteiger partial charge in [-0.2, -0.15) is 0 Å². The molecule has 0 heterocycles. The summed E-state index contributed by atoms with van der Waals surface area (Å²) < 4.78 is 29.3. The number of fused-ring (bicyclic) bond motifs is 2. The highest BCUT2D eigenvalue weighted by Crippen LogP contribution is 2.45. The lowest BCUT2D eigenvalue weighted by atomic mass is 9.86. The van der Waals surface area contributed by atoms with E-state index in [-0.39, 0.29) is 24.3 Å². The minimum absolute atomic E-state index is 0.0979. The monoisotopic (exact) mass is 527 g/mol. The largest absolute Gasteiger partial charge is 0.481 e. The summed E-state index contributed by atoms with van der Waals surface area (Å²) >= 11 is 2.20. The highest BCUT2D eigenvalue weighted by Gasteiger charge is 2.44. The van der Waals surface area contributed by atoms with E-state index < -0.39 is 16.0 Å². The van der Waals surface area contributed by atoms with Gasteiger partial charge in [0, 0.05) is 21.4 Å². The van der Waals surface area contributed by atoms with E-state index in [1.165, 1.54) is 5.41 Å². The molecule has 156 valence electrons. The predicted molar refractivity (Wildman–Crippen MR) is 124 cm³/mol. The van der Waals surface area contributed by atoms with Crippen molar-refractivity contribution in [2.45, 2.75) is 38.1 Å². The number of rotatable bonds is 10. The lowest BCUT2D eigenvalue weighted by molar-refractivity contribution is -0.137. The second-order valence-electron chi connectivity index (χ2n) is 7.65. The van der Waals surface area contributed by atoms with Crippen LogP contribution in [0.3, 0.4) is 0 Å². The number of carboxylic acids is 1. The number of halogens is 1. The Kier molecular flexibility index (Phi) is 7.70. The number of allylic oxidation sites excluding steroid dienone is 3. The highest BCUT2D eigenvalue weighted by atomic mass is 127. The number of carboxylic acid groups (broad SMARTS) is 1. The van der Waals surface area contributed by atoms with Gasteiger partial charge in [-0.15, -0.1) is 0 Å². The van der Waals surface area contributed by atoms with Gasteiger partial charge in [0.1, 0.15) is 0 Å². The average molecular weight is 527 g/mol. The Hall–Kier alpha value is -1.45. The van der Waals surface area contributed by atoms with E-state index in [1.54, 1.807) is 6.08 Å². The van der Waals surface area contributed by atoms with Crippen molar-refractivity contribution in [1.29, 1.82) is 0 Å². The molecule has 2 aliphatic carbocycles. The van der Waals surface area contributed by atoms with E-state index in [4.69, 9.17) is 5.11 Å². The molecule has 1 fully saturated rings. The van der Waals surface area contributed by atoms with E-state index >= 15 is 0 Å². The maximum Gasteiger partial charge on any atom is 0.303 e. The summed E-state index contributed by atoms with van der Waals surface area (Å²) in [6, 6.07) is 7.59. The van der Waals surface area contributed by atoms with Gasteiger partial charge in [-0.3, -0.25) is 4.79 Å². The van der Waals surface area contributed by atoms with E-state index in [0.29, 0.717) is 12.3 Å². The molecule has 0 radical (unpaired) electrons. The molecule has 29 heavy (non-hydrogen) atoms. The maximum atomic E-state index is 12.6. The van der Waals surface area contributed by atoms with Crippen molar-refractivity contribution in [3.8, 4) is 0 Å². The van der Waals surface area contributed by atoms with Gasteiger partial charge in [0.15, 0.2) is 0 Å². The molecule has 7 heteroatoms. The van der Waals surface area contributed by atoms with Gasteiger partial charge in [0.25, 0.3) is 0 Å². The third-order valence-electron chi connectivity index (χ3n) is 5.55. The van der Waals surface area contributed by atoms with Crippen LogP contribution in [0, 0.1) is 21.3 Å². The Morgan fingerprint density at radius 1 is 1.24 bits per heavy atom. The Morgan fingerprint density at radius 3 is 2.79 bits per heavy atom. The number of benzene rings is 1. The second kappa shape index (κ2) is 10.0. The van der Waals surface area contributed by atoms with Crippen LogP contribution in [0.4, 0.5) is 0 Å². The van der Waals surface area contributed by atoms with Crippen molar-refractivity contribution in [3.05, 3.63) is 63.1 Å². The first-order chi connectivity index (χ1) is 13.8. The number of nitrogens with one attached hydrogen (secondary N) is 1. The molecule has 2 aliphatic rings. The fourth-order valence-electron chi connectivity index (χ4n) is 4.17. The van der Waals surface area contributed by atoms with Crippen molar-refractivity contribution in [2.75, 3.05) is 0 Å². The Morgan fingerprint density at radius 2 is 2.03 bits per heavy atom. The molecule has 5 nitrogen and oxygen atoms in total. The normalized spacial score (nSPS) is 26.1. The molecule has 0 saturated heterocycles. The van der Waals surface area contributed by atoms with Crippen molar-refractivity contribution < 1.29 is 18.3 Å². The van der Waals surface area contributed by atoms with Crippen LogP contribution >= 0.6 is 22.6 Å². The van der Waals surface area contributed by atoms with Gasteiger partial charge in [-0.1, -0.05) is 36.4 Å². The summed E-state index contributed by atoms with van der Waals surface area (Å²) in [5.74, 6) is 0.105. The minimum Gasteiger partial charge on any atom is -0.481 e. The molecule has 1 aromatic rings. The summed E-state index contributed by atoms with van der Waals surface area (Å²) in [5.41, 5.74) is 0.857. The number of hydrogen-bond donors (Lipinski definition) is 2. The van der Waals surface area contributed by atoms with Crippen molar-refractivity contribution in [2.24, 2.45) is 17.8 Å². The lowest BCUT2D eigenvalue weighted by Gasteiger charge is -2.27. The molecule has 3 rings (SSSR count). The number of sulfonamides is 1. The SMILES string of the molecule is O=C(O)CCCC=CCC1C2C=CC(C2)C1NS(=O)(=O)C=Cc1cccc(I)c1. The molecule has 1 aromatic carbocycles. The van der Waals surface area contributed by atoms with Crippen LogP contribution in [0.5, 0.6) is 0 Å². The number of carbonyl (C=O) groups is 1. The summed E-state index contributed by atoms with van der Waals surface area (Å²) in [5, 5.41) is 9.94. The van der Waals surface area contributed by atoms with E-state index in [1.807, 2.05) is 30.3 Å². The standard InChI is InChI=1S/C22H26INO4S/c23-19-7-5-6-16(14-19)12-13-29(27,28)24-22-18-11-10-17(15-18)20(22)8-3-1-2-4-9-21(25)26/h1,3,5-7,10-14,17-18,20,22,24H,2,4,8-9,15H2,(H,25,26). The highest BCUT2D eigenvalue weighted by molar-refractivity contribution is 14.1. The van der Waals surface area contributed by atoms with E-state index in [0.717, 1.165) is 28.4 Å². The van der Waals surface area contributed by atoms with Gasteiger partial charge in [0.05, 0.1) is 0 Å². The molecule has 0 aromatic heterocycles. The van der Waals surface area contributed by atoms with Crippen molar-refractivity contribution >= 4 is 44.7 Å². The zero-order valence-electron chi connectivity index (χ0n) is 16.1. The second-order valence-corrected chi connectivity index (χ2v) is 10.5. The Labute approximate surface area is 186 Å². The van der Waals surface area contributed by atoms with Crippen molar-refractivity contribution in [1.82, 2.24) is 4.72 Å². The summed E-state index contributed by atoms with van der Waals surface area (Å²) in [4.78, 5) is 10.6. The predicted octanol–water partition coefficient (Wildman–Crippen LogP) is 4.57. The summed E-state index contributed by atoms with van der Waals surface area (Å²) in [7, 11) is -3.54. The molecule has 4 atom stereocenters. The topological polar surface area (TPSA) is 83.5 Å². The first kappa shape index (κ1) is 22.2. The molecular weight excluding hydrogens is 501 g/mol. The van der Waals surface area contributed by atoms with Crippen LogP contribution in [0.2, 0.25) is 0 Å². The van der Waals surface area contributed by atoms with Crippen LogP contribution in [0.15, 0.2) is 54.0 Å². The first-order valence-corrected chi connectivity index (χ1v) is 12.5. The quantitative estimate of drug-likeness (QED) is 0.265. The summed E-state index contributed by atoms with van der Waals surface area (Å²) in [6.45, 7) is 0. The molecule has 0 amide bonds. The number of hydrogen-bond acceptors (Lipinski definition) is 3. The molecule has 2 N–H and O–H groups in total. The lowest BCUT2D eigenvalue weighted by Crippen LogP contribution is -2.41. The average Bonchev–Trinajstić information content (AvgIpc) is 3.25. The van der Waals surface area contributed by atoms with Gasteiger partial charge < -0.3 is 5.11 Å². The molecule has 4 unspecified atom stereocenters. The zero-order chi connectivity index (χ0) is 20.9. The van der Waals surface area contributed by atoms with Crippen LogP contribution < -0.4 is 4.72 Å². The minimum atomic E-state index is -3.54. The number of aliphatic carboxylic acids is 1. The van der Waals surface area contributed by atoms with Crippen LogP contribution in [0.1, 0.15) is 37.7 Å². The van der Waals surface area contributed by atoms with Crippen LogP contribution in [-0.4, -0.2) is 25.5 Å². The maximum absolute atomic E-state index is 12.6. The van der Waals surface area contributed by atoms with Crippen LogP contribution in [-0.2, 0) is 14.8 Å². The van der Waals surface area contributed by atoms with Gasteiger partial charge >= 0.3 is 5.97 Å². The molecular formula is C22H26INO4S. The van der Waals surface area contributed by atoms with Gasteiger partial charge in [0.2, 0.25) is 10.0 Å². The smallest absolute Gasteiger partial charge is 0.303 e. The summed E-state index contributed by atoms with van der Waals surface area (Å²) in [6.07, 6.45) is 13.4. The molecule has 0 aliphatic heterocycles.